The zero-order valence-electron chi connectivity index (χ0n) is 13.6. The van der Waals surface area contributed by atoms with Gasteiger partial charge in [-0.15, -0.1) is 0 Å². The summed E-state index contributed by atoms with van der Waals surface area (Å²) in [7, 11) is 1.65. The average molecular weight is 332 g/mol. The number of nitrogens with zero attached hydrogens (tertiary/aromatic N) is 1. The predicted octanol–water partition coefficient (Wildman–Crippen LogP) is 1.75. The van der Waals surface area contributed by atoms with E-state index < -0.39 is 34.8 Å². The minimum atomic E-state index is -4.64. The Bertz CT molecular complexity index is 526. The Balaban J connectivity index is 3.01. The van der Waals surface area contributed by atoms with Crippen LogP contribution >= 0.6 is 0 Å². The second-order valence-electron chi connectivity index (χ2n) is 6.29. The Morgan fingerprint density at radius 2 is 1.96 bits per heavy atom. The van der Waals surface area contributed by atoms with Crippen molar-refractivity contribution in [2.24, 2.45) is 5.73 Å². The van der Waals surface area contributed by atoms with Crippen LogP contribution in [-0.4, -0.2) is 36.8 Å². The van der Waals surface area contributed by atoms with Crippen LogP contribution in [0.1, 0.15) is 39.5 Å². The van der Waals surface area contributed by atoms with E-state index in [0.717, 1.165) is 13.3 Å². The summed E-state index contributed by atoms with van der Waals surface area (Å²) in [5.41, 5.74) is 2.24. The quantitative estimate of drug-likeness (QED) is 0.646. The maximum absolute atomic E-state index is 13.2. The summed E-state index contributed by atoms with van der Waals surface area (Å²) >= 11 is 0. The Labute approximate surface area is 134 Å². The van der Waals surface area contributed by atoms with Crippen LogP contribution in [0.4, 0.5) is 13.2 Å². The van der Waals surface area contributed by atoms with Gasteiger partial charge in [0.15, 0.2) is 0 Å². The number of likely N-dealkylation sites (N-methyl/N-ethyl adjacent to an activating group) is 1. The van der Waals surface area contributed by atoms with Crippen molar-refractivity contribution in [1.82, 2.24) is 10.6 Å². The van der Waals surface area contributed by atoms with E-state index in [2.05, 4.69) is 10.6 Å². The van der Waals surface area contributed by atoms with Crippen molar-refractivity contribution < 1.29 is 18.0 Å². The molecule has 4 N–H and O–H groups in total. The van der Waals surface area contributed by atoms with E-state index in [-0.39, 0.29) is 12.5 Å². The van der Waals surface area contributed by atoms with Crippen molar-refractivity contribution in [1.29, 1.82) is 5.26 Å². The van der Waals surface area contributed by atoms with E-state index >= 15 is 0 Å². The number of halogens is 3. The number of alkyl halides is 3. The first kappa shape index (κ1) is 19.5. The molecule has 1 aliphatic rings. The number of allylic oxidation sites excluding steroid dienone is 1. The van der Waals surface area contributed by atoms with Gasteiger partial charge in [0.2, 0.25) is 5.91 Å². The first-order chi connectivity index (χ1) is 10.5. The number of carbonyl (C=O) groups excluding carboxylic acids is 1. The molecule has 0 saturated heterocycles. The first-order valence-electron chi connectivity index (χ1n) is 7.42. The fraction of sp³-hybridized carbons (Fsp3) is 0.733. The molecule has 1 aliphatic carbocycles. The average Bonchev–Trinajstić information content (AvgIpc) is 2.42. The molecule has 0 spiro atoms. The van der Waals surface area contributed by atoms with Gasteiger partial charge in [0, 0.05) is 24.1 Å². The number of nitrogens with one attached hydrogen (secondary N) is 2. The Morgan fingerprint density at radius 3 is 2.26 bits per heavy atom. The van der Waals surface area contributed by atoms with Crippen molar-refractivity contribution in [3.63, 3.8) is 0 Å². The van der Waals surface area contributed by atoms with Crippen LogP contribution < -0.4 is 16.4 Å². The molecule has 0 bridgehead atoms. The lowest BCUT2D eigenvalue weighted by Gasteiger charge is -2.43. The molecule has 130 valence electrons. The fourth-order valence-electron chi connectivity index (χ4n) is 2.59. The van der Waals surface area contributed by atoms with Crippen LogP contribution in [0.25, 0.3) is 0 Å². The topological polar surface area (TPSA) is 90.9 Å². The predicted molar refractivity (Wildman–Crippen MR) is 80.2 cm³/mol. The van der Waals surface area contributed by atoms with E-state index in [1.807, 2.05) is 0 Å². The molecule has 23 heavy (non-hydrogen) atoms. The van der Waals surface area contributed by atoms with Gasteiger partial charge in [0.05, 0.1) is 17.1 Å². The Kier molecular flexibility index (Phi) is 5.83. The summed E-state index contributed by atoms with van der Waals surface area (Å²) in [6.45, 7) is 2.41. The normalized spacial score (nSPS) is 20.6. The highest BCUT2D eigenvalue weighted by Gasteiger charge is 2.46. The molecule has 1 unspecified atom stereocenters. The molecule has 0 heterocycles. The van der Waals surface area contributed by atoms with Gasteiger partial charge in [-0.05, 0) is 40.2 Å². The highest BCUT2D eigenvalue weighted by atomic mass is 19.4. The summed E-state index contributed by atoms with van der Waals surface area (Å²) in [6, 6.07) is 1.53. The van der Waals surface area contributed by atoms with Crippen LogP contribution in [0, 0.1) is 11.3 Å². The SMILES string of the molecule is CNC1(C(=O)NC(C)(CN)C/C(=C(\C)C#N)C(F)(F)F)CCC1. The molecule has 0 aromatic carbocycles. The molecule has 8 heteroatoms. The van der Waals surface area contributed by atoms with Gasteiger partial charge in [0.1, 0.15) is 0 Å². The lowest BCUT2D eigenvalue weighted by Crippen LogP contribution is -2.65. The number of nitrogens with two attached hydrogens (primary N) is 1. The third kappa shape index (κ3) is 4.24. The minimum absolute atomic E-state index is 0.170. The number of carbonyl (C=O) groups is 1. The molecular formula is C15H23F3N4O. The van der Waals surface area contributed by atoms with E-state index in [1.165, 1.54) is 13.0 Å². The number of hydrogen-bond acceptors (Lipinski definition) is 4. The molecule has 1 fully saturated rings. The van der Waals surface area contributed by atoms with Crippen LogP contribution in [0.2, 0.25) is 0 Å². The van der Waals surface area contributed by atoms with Gasteiger partial charge in [-0.3, -0.25) is 4.79 Å². The van der Waals surface area contributed by atoms with E-state index in [0.29, 0.717) is 12.8 Å². The Morgan fingerprint density at radius 1 is 1.39 bits per heavy atom. The van der Waals surface area contributed by atoms with Crippen molar-refractivity contribution in [2.75, 3.05) is 13.6 Å². The Hall–Kier alpha value is -1.59. The monoisotopic (exact) mass is 332 g/mol. The summed E-state index contributed by atoms with van der Waals surface area (Å²) in [5.74, 6) is -0.352. The smallest absolute Gasteiger partial charge is 0.348 e. The highest BCUT2D eigenvalue weighted by molar-refractivity contribution is 5.88. The molecular weight excluding hydrogens is 309 g/mol. The number of amides is 1. The molecule has 0 radical (unpaired) electrons. The van der Waals surface area contributed by atoms with Crippen LogP contribution in [0.15, 0.2) is 11.1 Å². The number of rotatable bonds is 6. The standard InChI is InChI=1S/C15H23F3N4O/c1-10(8-19)11(15(16,17)18)7-13(2,9-20)22-12(23)14(21-3)5-4-6-14/h21H,4-7,9,20H2,1-3H3,(H,22,23)/b11-10-. The van der Waals surface area contributed by atoms with Gasteiger partial charge in [-0.25, -0.2) is 0 Å². The maximum Gasteiger partial charge on any atom is 0.413 e. The van der Waals surface area contributed by atoms with E-state index in [4.69, 9.17) is 11.0 Å². The number of nitriles is 1. The van der Waals surface area contributed by atoms with E-state index in [1.54, 1.807) is 7.05 Å². The van der Waals surface area contributed by atoms with Crippen molar-refractivity contribution in [3.05, 3.63) is 11.1 Å². The molecule has 1 rings (SSSR count). The van der Waals surface area contributed by atoms with Gasteiger partial charge in [-0.1, -0.05) is 0 Å². The zero-order chi connectivity index (χ0) is 17.9. The van der Waals surface area contributed by atoms with Gasteiger partial charge in [-0.2, -0.15) is 18.4 Å². The molecule has 1 atom stereocenters. The van der Waals surface area contributed by atoms with Crippen LogP contribution in [0.5, 0.6) is 0 Å². The van der Waals surface area contributed by atoms with Crippen LogP contribution in [-0.2, 0) is 4.79 Å². The van der Waals surface area contributed by atoms with Crippen molar-refractivity contribution in [2.45, 2.75) is 56.8 Å². The van der Waals surface area contributed by atoms with Gasteiger partial charge < -0.3 is 16.4 Å². The fourth-order valence-corrected chi connectivity index (χ4v) is 2.59. The summed E-state index contributed by atoms with van der Waals surface area (Å²) < 4.78 is 39.5. The lowest BCUT2D eigenvalue weighted by molar-refractivity contribution is -0.133. The third-order valence-electron chi connectivity index (χ3n) is 4.52. The largest absolute Gasteiger partial charge is 0.413 e. The van der Waals surface area contributed by atoms with Crippen LogP contribution in [0.3, 0.4) is 0 Å². The maximum atomic E-state index is 13.2. The molecule has 1 amide bonds. The second-order valence-corrected chi connectivity index (χ2v) is 6.29. The summed E-state index contributed by atoms with van der Waals surface area (Å²) in [4.78, 5) is 12.4. The first-order valence-corrected chi connectivity index (χ1v) is 7.42. The molecule has 0 aromatic heterocycles. The minimum Gasteiger partial charge on any atom is -0.348 e. The van der Waals surface area contributed by atoms with Gasteiger partial charge >= 0.3 is 6.18 Å². The van der Waals surface area contributed by atoms with E-state index in [9.17, 15) is 18.0 Å². The summed E-state index contributed by atoms with van der Waals surface area (Å²) in [6.07, 6.45) is -3.03. The molecule has 5 nitrogen and oxygen atoms in total. The summed E-state index contributed by atoms with van der Waals surface area (Å²) in [5, 5.41) is 14.4. The third-order valence-corrected chi connectivity index (χ3v) is 4.52. The zero-order valence-corrected chi connectivity index (χ0v) is 13.6. The van der Waals surface area contributed by atoms with Gasteiger partial charge in [0.25, 0.3) is 0 Å². The molecule has 0 aromatic rings. The highest BCUT2D eigenvalue weighted by Crippen LogP contribution is 2.36. The molecule has 0 aliphatic heterocycles. The second kappa shape index (κ2) is 6.89. The number of hydrogen-bond donors (Lipinski definition) is 3. The van der Waals surface area contributed by atoms with Crippen molar-refractivity contribution >= 4 is 5.91 Å². The molecule has 1 saturated carbocycles. The lowest BCUT2D eigenvalue weighted by atomic mass is 9.75. The van der Waals surface area contributed by atoms with Crippen molar-refractivity contribution in [3.8, 4) is 6.07 Å².